The molecule has 16 unspecified atom stereocenters. The van der Waals surface area contributed by atoms with Crippen molar-refractivity contribution in [1.82, 2.24) is 16.0 Å². The maximum absolute atomic E-state index is 13.7. The Hall–Kier alpha value is -0.390. The van der Waals surface area contributed by atoms with Gasteiger partial charge in [-0.25, -0.2) is 18.3 Å². The van der Waals surface area contributed by atoms with Crippen LogP contribution in [0.1, 0.15) is 91.9 Å². The molecule has 598 valence electrons. The fourth-order valence-corrected chi connectivity index (χ4v) is 14.7. The molecule has 2 rings (SSSR count). The number of unbranched alkanes of at least 4 members (excludes halogenated alkanes) is 3. The van der Waals surface area contributed by atoms with Crippen molar-refractivity contribution in [2.75, 3.05) is 152 Å². The molecule has 46 heteroatoms. The largest absolute Gasteiger partial charge is 0.415 e. The normalized spacial score (nSPS) is 25.3. The van der Waals surface area contributed by atoms with Crippen molar-refractivity contribution >= 4 is 93.3 Å². The van der Waals surface area contributed by atoms with Crippen molar-refractivity contribution < 1.29 is 167 Å². The van der Waals surface area contributed by atoms with E-state index in [1.54, 1.807) is 0 Å². The molecule has 0 spiro atoms. The van der Waals surface area contributed by atoms with Gasteiger partial charge in [-0.1, -0.05) is 36.7 Å². The average molecular weight is 1620 g/mol. The fraction of sp³-hybridized carbons (Fsp3) is 0.945. The smallest absolute Gasteiger partial charge is 0.394 e. The molecule has 2 aliphatic rings. The lowest BCUT2D eigenvalue weighted by Gasteiger charge is -2.42. The number of rotatable bonds is 62. The summed E-state index contributed by atoms with van der Waals surface area (Å²) in [5.41, 5.74) is -1.11. The summed E-state index contributed by atoms with van der Waals surface area (Å²) in [5.74, 6) is -1.52. The molecule has 2 fully saturated rings. The molecule has 18 atom stereocenters. The lowest BCUT2D eigenvalue weighted by Crippen LogP contribution is -2.64. The van der Waals surface area contributed by atoms with Crippen molar-refractivity contribution in [2.45, 2.75) is 178 Å². The first kappa shape index (κ1) is 96.7. The minimum Gasteiger partial charge on any atom is -0.394 e. The monoisotopic (exact) mass is 1620 g/mol. The van der Waals surface area contributed by atoms with Crippen LogP contribution in [0.25, 0.3) is 0 Å². The van der Waals surface area contributed by atoms with Gasteiger partial charge in [0.1, 0.15) is 72.5 Å². The van der Waals surface area contributed by atoms with Crippen LogP contribution in [0.15, 0.2) is 0 Å². The van der Waals surface area contributed by atoms with Crippen LogP contribution in [0.3, 0.4) is 0 Å². The number of carbonyl (C=O) groups is 3. The van der Waals surface area contributed by atoms with E-state index >= 15 is 0 Å². The van der Waals surface area contributed by atoms with E-state index in [1.165, 1.54) is 34.8 Å². The predicted molar refractivity (Wildman–Crippen MR) is 368 cm³/mol. The summed E-state index contributed by atoms with van der Waals surface area (Å²) in [5, 5.41) is 97.7. The van der Waals surface area contributed by atoms with Crippen LogP contribution in [0.4, 0.5) is 0 Å². The summed E-state index contributed by atoms with van der Waals surface area (Å²) in [6.07, 6.45) is -11.6. The van der Waals surface area contributed by atoms with Gasteiger partial charge in [0.15, 0.2) is 18.9 Å². The highest BCUT2D eigenvalue weighted by Crippen LogP contribution is 2.61. The zero-order chi connectivity index (χ0) is 75.5. The number of hydrogen-bond acceptors (Lipinski definition) is 35. The molecule has 0 saturated carbocycles. The van der Waals surface area contributed by atoms with E-state index in [2.05, 4.69) is 52.7 Å². The van der Waals surface area contributed by atoms with Crippen molar-refractivity contribution in [1.29, 1.82) is 0 Å². The molecule has 0 aromatic heterocycles. The van der Waals surface area contributed by atoms with Gasteiger partial charge in [-0.3, -0.25) is 23.4 Å². The number of ether oxygens (including phenoxy) is 10. The van der Waals surface area contributed by atoms with E-state index in [1.807, 2.05) is 0 Å². The van der Waals surface area contributed by atoms with E-state index in [0.717, 1.165) is 0 Å². The van der Waals surface area contributed by atoms with Gasteiger partial charge >= 0.3 is 27.2 Å². The number of aliphatic hydroxyl groups is 9. The number of aliphatic hydroxyl groups excluding tert-OH is 9. The molecule has 0 bridgehead atoms. The quantitative estimate of drug-likeness (QED) is 0.0133. The lowest BCUT2D eigenvalue weighted by atomic mass is 9.92. The number of nitrogens with one attached hydrogen (secondary N) is 3. The molecule has 2 saturated heterocycles. The zero-order valence-electron chi connectivity index (χ0n) is 57.4. The molecule has 0 aromatic carbocycles. The van der Waals surface area contributed by atoms with Crippen LogP contribution in [0.2, 0.25) is 0 Å². The molecule has 2 heterocycles. The molecule has 38 nitrogen and oxygen atoms in total. The third kappa shape index (κ3) is 42.4. The first-order valence-electron chi connectivity index (χ1n) is 32.6. The highest BCUT2D eigenvalue weighted by molar-refractivity contribution is 8.52. The van der Waals surface area contributed by atoms with Crippen LogP contribution in [0.5, 0.6) is 0 Å². The van der Waals surface area contributed by atoms with Gasteiger partial charge in [-0.15, -0.1) is 0 Å². The lowest BCUT2D eigenvalue weighted by molar-refractivity contribution is -0.270. The Kier molecular flexibility index (Phi) is 51.2. The predicted octanol–water partition coefficient (Wildman–Crippen LogP) is 1.08. The average Bonchev–Trinajstić information content (AvgIpc) is 0.810. The maximum Gasteiger partial charge on any atom is 0.415 e. The second kappa shape index (κ2) is 53.5. The molecular weight excluding hydrogens is 1510 g/mol. The van der Waals surface area contributed by atoms with Gasteiger partial charge in [0.05, 0.1) is 118 Å². The Bertz CT molecular complexity index is 2360. The summed E-state index contributed by atoms with van der Waals surface area (Å²) >= 11 is 12.2. The van der Waals surface area contributed by atoms with Gasteiger partial charge in [-0.2, -0.15) is 0 Å². The molecular formula is C55H109N3O35P4S4. The first-order chi connectivity index (χ1) is 47.8. The fourth-order valence-electron chi connectivity index (χ4n) is 9.18. The van der Waals surface area contributed by atoms with Gasteiger partial charge < -0.3 is 141 Å². The molecule has 0 radical (unpaired) electrons. The second-order valence-corrected chi connectivity index (χ2v) is 35.4. The summed E-state index contributed by atoms with van der Waals surface area (Å²) in [7, 11) is 1.28. The van der Waals surface area contributed by atoms with E-state index in [0.29, 0.717) is 43.8 Å². The summed E-state index contributed by atoms with van der Waals surface area (Å²) in [4.78, 5) is 44.8. The Labute approximate surface area is 608 Å². The third-order valence-corrected chi connectivity index (χ3v) is 21.5. The topological polar surface area (TPSA) is 524 Å². The van der Waals surface area contributed by atoms with E-state index in [9.17, 15) is 83.5 Å². The molecule has 3 amide bonds. The third-order valence-electron chi connectivity index (χ3n) is 14.2. The summed E-state index contributed by atoms with van der Waals surface area (Å²) in [6, 6.07) is -3.29. The molecule has 2 aliphatic heterocycles. The minimum absolute atomic E-state index is 0.00319. The SMILES string of the molecule is COSP(=O)(OCCCCOC(OC(CO)[C@@H](C)O)[C@H](CO)NC(C)=O)OCCCOCC(COCCCOP(=O)(O)S)(COCCCOP(=O)(S)OCCCCOC1OC(CO)C(O)C(O)C1NC(C)=O)COCCCOP(=O)(S)OCCCCOC1OC(CO)C(O)C(O)C1NC(C)=O. The zero-order valence-corrected chi connectivity index (χ0v) is 64.5. The van der Waals surface area contributed by atoms with Crippen LogP contribution >= 0.6 is 75.6 Å². The van der Waals surface area contributed by atoms with E-state index in [4.69, 9.17) is 83.2 Å². The molecule has 0 aromatic rings. The number of carbonyl (C=O) groups excluding carboxylic acids is 3. The Morgan fingerprint density at radius 2 is 0.881 bits per heavy atom. The van der Waals surface area contributed by atoms with Crippen LogP contribution in [-0.4, -0.2) is 307 Å². The van der Waals surface area contributed by atoms with Crippen molar-refractivity contribution in [3.8, 4) is 0 Å². The minimum atomic E-state index is -4.09. The number of amides is 3. The number of hydrogen-bond donors (Lipinski definition) is 16. The van der Waals surface area contributed by atoms with Crippen LogP contribution in [-0.2, 0) is 116 Å². The Morgan fingerprint density at radius 1 is 0.515 bits per heavy atom. The Balaban J connectivity index is 2.10. The summed E-state index contributed by atoms with van der Waals surface area (Å²) in [6.45, 7) is -14.2. The molecule has 101 heavy (non-hydrogen) atoms. The maximum atomic E-state index is 13.7. The van der Waals surface area contributed by atoms with Gasteiger partial charge in [-0.05, 0) is 71.1 Å². The van der Waals surface area contributed by atoms with Gasteiger partial charge in [0, 0.05) is 67.0 Å². The molecule has 13 N–H and O–H groups in total. The number of thiol groups is 3. The standard InChI is InChI=1S/C55H109N3O35P4S4/c1-38(63)43(31-60)91-52(42(30-59)56-39(2)64)81-20-8-11-25-89-97(75,101-76-5)90-29-15-19-80-37-55(34-77-16-12-26-84-94(71,72)98,35-78-17-13-27-87-95(73,99)85-23-9-6-21-82-53-46(57-40(3)65)50(69)48(67)44(32-61)92-53)36-79-18-14-28-88-96(74,100)86-24-10-7-22-83-54-47(58-41(4)66)51(70)49(68)45(33-62)93-54/h38,42-54,59-63,67-70H,6-37H2,1-5H3,(H,56,64)(H,57,65)(H,58,66)(H,73,99)(H,74,100)(H2,71,72,98)/t38-,42+,43?,44?,45?,46?,47?,48?,49?,50?,51?,52?,53?,54?,55?,95?,96?,97?/m1/s1. The van der Waals surface area contributed by atoms with E-state index in [-0.39, 0.29) is 151 Å². The molecule has 0 aliphatic carbocycles. The first-order valence-corrected chi connectivity index (χ1v) is 43.6. The van der Waals surface area contributed by atoms with E-state index < -0.39 is 163 Å². The Morgan fingerprint density at radius 3 is 1.23 bits per heavy atom. The van der Waals surface area contributed by atoms with Crippen molar-refractivity contribution in [3.63, 3.8) is 0 Å². The second-order valence-electron chi connectivity index (χ2n) is 23.1. The van der Waals surface area contributed by atoms with Crippen molar-refractivity contribution in [3.05, 3.63) is 0 Å². The van der Waals surface area contributed by atoms with Gasteiger partial charge in [0.2, 0.25) is 17.7 Å². The van der Waals surface area contributed by atoms with Gasteiger partial charge in [0.25, 0.3) is 0 Å². The highest BCUT2D eigenvalue weighted by atomic mass is 32.7. The summed E-state index contributed by atoms with van der Waals surface area (Å²) < 4.78 is 153. The van der Waals surface area contributed by atoms with Crippen LogP contribution < -0.4 is 16.0 Å². The van der Waals surface area contributed by atoms with Crippen molar-refractivity contribution in [2.24, 2.45) is 5.41 Å². The highest BCUT2D eigenvalue weighted by Gasteiger charge is 2.47. The van der Waals surface area contributed by atoms with Crippen LogP contribution in [0, 0.1) is 5.41 Å².